The van der Waals surface area contributed by atoms with E-state index in [1.807, 2.05) is 32.0 Å². The van der Waals surface area contributed by atoms with Gasteiger partial charge in [0.05, 0.1) is 29.4 Å². The van der Waals surface area contributed by atoms with E-state index in [4.69, 9.17) is 4.74 Å². The molecule has 22 heavy (non-hydrogen) atoms. The van der Waals surface area contributed by atoms with Crippen molar-refractivity contribution in [1.29, 1.82) is 0 Å². The molecule has 0 saturated heterocycles. The van der Waals surface area contributed by atoms with Crippen LogP contribution in [0.4, 0.5) is 0 Å². The highest BCUT2D eigenvalue weighted by atomic mass is 16.5. The van der Waals surface area contributed by atoms with Gasteiger partial charge in [-0.05, 0) is 56.2 Å². The van der Waals surface area contributed by atoms with Gasteiger partial charge < -0.3 is 4.74 Å². The van der Waals surface area contributed by atoms with Crippen molar-refractivity contribution in [3.05, 3.63) is 58.9 Å². The van der Waals surface area contributed by atoms with Crippen LogP contribution < -0.4 is 0 Å². The summed E-state index contributed by atoms with van der Waals surface area (Å²) in [5.41, 5.74) is 5.59. The quantitative estimate of drug-likeness (QED) is 0.676. The first kappa shape index (κ1) is 14.3. The molecule has 1 aromatic heterocycles. The lowest BCUT2D eigenvalue weighted by molar-refractivity contribution is 0.0600. The molecule has 0 fully saturated rings. The molecule has 0 bridgehead atoms. The molecule has 1 heterocycles. The van der Waals surface area contributed by atoms with Crippen molar-refractivity contribution in [2.24, 2.45) is 0 Å². The summed E-state index contributed by atoms with van der Waals surface area (Å²) in [6, 6.07) is 11.8. The normalized spacial score (nSPS) is 10.9. The fourth-order valence-electron chi connectivity index (χ4n) is 2.81. The Morgan fingerprint density at radius 1 is 1.14 bits per heavy atom. The van der Waals surface area contributed by atoms with Gasteiger partial charge in [0.1, 0.15) is 5.82 Å². The number of esters is 1. The Balaban J connectivity index is 2.30. The predicted octanol–water partition coefficient (Wildman–Crippen LogP) is 3.74. The number of carbonyl (C=O) groups excluding carboxylic acids is 1. The maximum atomic E-state index is 11.9. The third kappa shape index (κ3) is 2.17. The van der Waals surface area contributed by atoms with E-state index >= 15 is 0 Å². The van der Waals surface area contributed by atoms with Crippen LogP contribution in [0, 0.1) is 20.8 Å². The van der Waals surface area contributed by atoms with Crippen LogP contribution in [0.1, 0.15) is 27.3 Å². The van der Waals surface area contributed by atoms with Crippen LogP contribution in [-0.2, 0) is 4.74 Å². The Morgan fingerprint density at radius 2 is 1.91 bits per heavy atom. The Labute approximate surface area is 129 Å². The standard InChI is InChI=1S/C18H18N2O2/c1-11-8-9-15-17(10-11)20(13(3)19-15)16-7-5-6-14(12(16)2)18(21)22-4/h5-10H,1-4H3. The van der Waals surface area contributed by atoms with Gasteiger partial charge in [-0.25, -0.2) is 9.78 Å². The topological polar surface area (TPSA) is 44.1 Å². The van der Waals surface area contributed by atoms with Crippen LogP contribution >= 0.6 is 0 Å². The molecule has 0 saturated carbocycles. The van der Waals surface area contributed by atoms with E-state index in [-0.39, 0.29) is 5.97 Å². The third-order valence-corrected chi connectivity index (χ3v) is 3.93. The Kier molecular flexibility index (Phi) is 3.45. The second kappa shape index (κ2) is 5.30. The lowest BCUT2D eigenvalue weighted by atomic mass is 10.1. The number of rotatable bonds is 2. The minimum Gasteiger partial charge on any atom is -0.465 e. The molecule has 3 aromatic rings. The molecule has 0 unspecified atom stereocenters. The van der Waals surface area contributed by atoms with E-state index in [9.17, 15) is 4.79 Å². The number of benzene rings is 2. The smallest absolute Gasteiger partial charge is 0.338 e. The van der Waals surface area contributed by atoms with Gasteiger partial charge in [0, 0.05) is 0 Å². The number of fused-ring (bicyclic) bond motifs is 1. The van der Waals surface area contributed by atoms with Gasteiger partial charge in [-0.3, -0.25) is 4.57 Å². The fraction of sp³-hybridized carbons (Fsp3) is 0.222. The summed E-state index contributed by atoms with van der Waals surface area (Å²) in [5, 5.41) is 0. The summed E-state index contributed by atoms with van der Waals surface area (Å²) >= 11 is 0. The SMILES string of the molecule is COC(=O)c1cccc(-n2c(C)nc3ccc(C)cc32)c1C. The average Bonchev–Trinajstić information content (AvgIpc) is 2.82. The van der Waals surface area contributed by atoms with Crippen molar-refractivity contribution in [3.8, 4) is 5.69 Å². The molecule has 0 aliphatic rings. The molecular formula is C18H18N2O2. The zero-order valence-electron chi connectivity index (χ0n) is 13.2. The van der Waals surface area contributed by atoms with Crippen molar-refractivity contribution in [2.75, 3.05) is 7.11 Å². The maximum absolute atomic E-state index is 11.9. The predicted molar refractivity (Wildman–Crippen MR) is 86.6 cm³/mol. The lowest BCUT2D eigenvalue weighted by Gasteiger charge is -2.13. The van der Waals surface area contributed by atoms with Gasteiger partial charge in [0.15, 0.2) is 0 Å². The molecule has 4 nitrogen and oxygen atoms in total. The van der Waals surface area contributed by atoms with Crippen molar-refractivity contribution < 1.29 is 9.53 Å². The molecule has 112 valence electrons. The van der Waals surface area contributed by atoms with Crippen molar-refractivity contribution in [3.63, 3.8) is 0 Å². The molecule has 0 aliphatic heterocycles. The second-order valence-corrected chi connectivity index (χ2v) is 5.43. The lowest BCUT2D eigenvalue weighted by Crippen LogP contribution is -2.08. The van der Waals surface area contributed by atoms with E-state index in [0.29, 0.717) is 5.56 Å². The van der Waals surface area contributed by atoms with Gasteiger partial charge >= 0.3 is 5.97 Å². The van der Waals surface area contributed by atoms with Gasteiger partial charge in [-0.2, -0.15) is 0 Å². The zero-order chi connectivity index (χ0) is 15.9. The first-order valence-electron chi connectivity index (χ1n) is 7.17. The van der Waals surface area contributed by atoms with Crippen molar-refractivity contribution in [1.82, 2.24) is 9.55 Å². The Bertz CT molecular complexity index is 878. The minimum atomic E-state index is -0.322. The second-order valence-electron chi connectivity index (χ2n) is 5.43. The van der Waals surface area contributed by atoms with Crippen LogP contribution in [0.2, 0.25) is 0 Å². The molecule has 0 amide bonds. The van der Waals surface area contributed by atoms with Crippen LogP contribution in [0.5, 0.6) is 0 Å². The van der Waals surface area contributed by atoms with Crippen LogP contribution in [-0.4, -0.2) is 22.6 Å². The molecule has 4 heteroatoms. The summed E-state index contributed by atoms with van der Waals surface area (Å²) in [7, 11) is 1.40. The summed E-state index contributed by atoms with van der Waals surface area (Å²) < 4.78 is 6.95. The first-order chi connectivity index (χ1) is 10.5. The van der Waals surface area contributed by atoms with E-state index in [0.717, 1.165) is 28.1 Å². The number of aryl methyl sites for hydroxylation is 2. The molecular weight excluding hydrogens is 276 g/mol. The van der Waals surface area contributed by atoms with Gasteiger partial charge in [0.25, 0.3) is 0 Å². The number of hydrogen-bond donors (Lipinski definition) is 0. The summed E-state index contributed by atoms with van der Waals surface area (Å²) in [6.45, 7) is 5.96. The Hall–Kier alpha value is -2.62. The highest BCUT2D eigenvalue weighted by molar-refractivity contribution is 5.92. The fourth-order valence-corrected chi connectivity index (χ4v) is 2.81. The number of carbonyl (C=O) groups is 1. The zero-order valence-corrected chi connectivity index (χ0v) is 13.2. The number of methoxy groups -OCH3 is 1. The van der Waals surface area contributed by atoms with Crippen molar-refractivity contribution >= 4 is 17.0 Å². The number of hydrogen-bond acceptors (Lipinski definition) is 3. The largest absolute Gasteiger partial charge is 0.465 e. The van der Waals surface area contributed by atoms with Crippen LogP contribution in [0.3, 0.4) is 0 Å². The average molecular weight is 294 g/mol. The number of ether oxygens (including phenoxy) is 1. The van der Waals surface area contributed by atoms with Crippen molar-refractivity contribution in [2.45, 2.75) is 20.8 Å². The molecule has 0 atom stereocenters. The summed E-state index contributed by atoms with van der Waals surface area (Å²) in [6.07, 6.45) is 0. The molecule has 3 rings (SSSR count). The molecule has 0 N–H and O–H groups in total. The maximum Gasteiger partial charge on any atom is 0.338 e. The summed E-state index contributed by atoms with van der Waals surface area (Å²) in [4.78, 5) is 16.5. The third-order valence-electron chi connectivity index (χ3n) is 3.93. The van der Waals surface area contributed by atoms with E-state index in [2.05, 4.69) is 28.6 Å². The first-order valence-corrected chi connectivity index (χ1v) is 7.17. The van der Waals surface area contributed by atoms with Crippen LogP contribution in [0.25, 0.3) is 16.7 Å². The molecule has 0 spiro atoms. The van der Waals surface area contributed by atoms with E-state index in [1.54, 1.807) is 6.07 Å². The van der Waals surface area contributed by atoms with Gasteiger partial charge in [-0.1, -0.05) is 12.1 Å². The van der Waals surface area contributed by atoms with Crippen LogP contribution in [0.15, 0.2) is 36.4 Å². The Morgan fingerprint density at radius 3 is 2.64 bits per heavy atom. The molecule has 0 radical (unpaired) electrons. The molecule has 2 aromatic carbocycles. The highest BCUT2D eigenvalue weighted by Crippen LogP contribution is 2.26. The summed E-state index contributed by atoms with van der Waals surface area (Å²) in [5.74, 6) is 0.573. The van der Waals surface area contributed by atoms with E-state index < -0.39 is 0 Å². The van der Waals surface area contributed by atoms with Gasteiger partial charge in [-0.15, -0.1) is 0 Å². The highest BCUT2D eigenvalue weighted by Gasteiger charge is 2.16. The van der Waals surface area contributed by atoms with E-state index in [1.165, 1.54) is 12.7 Å². The van der Waals surface area contributed by atoms with Gasteiger partial charge in [0.2, 0.25) is 0 Å². The molecule has 0 aliphatic carbocycles. The minimum absolute atomic E-state index is 0.322. The number of imidazole rings is 1. The monoisotopic (exact) mass is 294 g/mol. The number of aromatic nitrogens is 2. The number of nitrogens with zero attached hydrogens (tertiary/aromatic N) is 2.